The predicted octanol–water partition coefficient (Wildman–Crippen LogP) is 3.55. The van der Waals surface area contributed by atoms with Crippen LogP contribution in [0.3, 0.4) is 0 Å². The minimum absolute atomic E-state index is 0.413. The van der Waals surface area contributed by atoms with E-state index in [1.54, 1.807) is 0 Å². The topological polar surface area (TPSA) is 17.8 Å². The highest BCUT2D eigenvalue weighted by Gasteiger charge is 2.22. The number of fused-ring (bicyclic) bond motifs is 1. The van der Waals surface area contributed by atoms with Gasteiger partial charge in [0.1, 0.15) is 0 Å². The zero-order chi connectivity index (χ0) is 11.7. The molecule has 0 saturated carbocycles. The van der Waals surface area contributed by atoms with E-state index >= 15 is 0 Å². The Hall–Kier alpha value is -1.28. The van der Waals surface area contributed by atoms with Gasteiger partial charge in [-0.3, -0.25) is 0 Å². The minimum atomic E-state index is 0.413. The van der Waals surface area contributed by atoms with E-state index in [0.29, 0.717) is 11.9 Å². The number of rotatable bonds is 2. The van der Waals surface area contributed by atoms with Crippen molar-refractivity contribution in [2.75, 3.05) is 0 Å². The van der Waals surface area contributed by atoms with E-state index in [2.05, 4.69) is 33.8 Å². The van der Waals surface area contributed by atoms with Crippen LogP contribution < -0.4 is 0 Å². The van der Waals surface area contributed by atoms with Gasteiger partial charge in [-0.2, -0.15) is 0 Å². The number of benzene rings is 1. The molecular weight excluding hydrogens is 232 g/mol. The molecule has 2 nitrogen and oxygen atoms in total. The van der Waals surface area contributed by atoms with Crippen molar-refractivity contribution in [2.24, 2.45) is 0 Å². The molecule has 1 aromatic carbocycles. The number of alkyl halides is 1. The maximum atomic E-state index is 5.96. The Morgan fingerprint density at radius 1 is 1.35 bits per heavy atom. The summed E-state index contributed by atoms with van der Waals surface area (Å²) in [4.78, 5) is 4.22. The van der Waals surface area contributed by atoms with E-state index in [9.17, 15) is 0 Å². The first-order valence-electron chi connectivity index (χ1n) is 6.04. The van der Waals surface area contributed by atoms with E-state index in [4.69, 9.17) is 11.6 Å². The molecule has 1 heterocycles. The Morgan fingerprint density at radius 3 is 3.12 bits per heavy atom. The van der Waals surface area contributed by atoms with Crippen LogP contribution in [0.15, 0.2) is 36.8 Å². The standard InChI is InChI=1S/C14H15ClN2/c15-8-12-9-16-10-17(12)14-7-3-5-11-4-1-2-6-13(11)14/h1-2,4,6,9-10,14H,3,5,7-8H2. The zero-order valence-electron chi connectivity index (χ0n) is 9.64. The average Bonchev–Trinajstić information content (AvgIpc) is 2.86. The minimum Gasteiger partial charge on any atom is -0.326 e. The fourth-order valence-corrected chi connectivity index (χ4v) is 2.94. The Labute approximate surface area is 106 Å². The van der Waals surface area contributed by atoms with E-state index in [1.165, 1.54) is 30.4 Å². The molecule has 0 fully saturated rings. The summed E-state index contributed by atoms with van der Waals surface area (Å²) in [5.74, 6) is 0.526. The third-order valence-electron chi connectivity index (χ3n) is 3.56. The molecule has 1 aliphatic carbocycles. The van der Waals surface area contributed by atoms with Crippen LogP contribution in [0, 0.1) is 0 Å². The summed E-state index contributed by atoms with van der Waals surface area (Å²) in [7, 11) is 0. The van der Waals surface area contributed by atoms with Gasteiger partial charge in [-0.15, -0.1) is 11.6 Å². The van der Waals surface area contributed by atoms with E-state index in [1.807, 2.05) is 12.5 Å². The maximum absolute atomic E-state index is 5.96. The SMILES string of the molecule is ClCc1cncn1C1CCCc2ccccc21. The normalized spacial score (nSPS) is 19.0. The third kappa shape index (κ3) is 1.87. The van der Waals surface area contributed by atoms with Crippen LogP contribution >= 0.6 is 11.6 Å². The number of halogens is 1. The molecule has 88 valence electrons. The van der Waals surface area contributed by atoms with Crippen LogP contribution in [-0.4, -0.2) is 9.55 Å². The summed E-state index contributed by atoms with van der Waals surface area (Å²) >= 11 is 5.96. The van der Waals surface area contributed by atoms with Crippen LogP contribution in [-0.2, 0) is 12.3 Å². The van der Waals surface area contributed by atoms with Gasteiger partial charge in [0.2, 0.25) is 0 Å². The van der Waals surface area contributed by atoms with Gasteiger partial charge in [0, 0.05) is 6.20 Å². The first-order chi connectivity index (χ1) is 8.40. The molecule has 3 heteroatoms. The lowest BCUT2D eigenvalue weighted by molar-refractivity contribution is 0.481. The monoisotopic (exact) mass is 246 g/mol. The quantitative estimate of drug-likeness (QED) is 0.741. The van der Waals surface area contributed by atoms with Crippen molar-refractivity contribution in [1.82, 2.24) is 9.55 Å². The summed E-state index contributed by atoms with van der Waals surface area (Å²) in [5, 5.41) is 0. The number of imidazole rings is 1. The van der Waals surface area contributed by atoms with Gasteiger partial charge in [-0.1, -0.05) is 24.3 Å². The van der Waals surface area contributed by atoms with Gasteiger partial charge in [0.25, 0.3) is 0 Å². The predicted molar refractivity (Wildman–Crippen MR) is 69.3 cm³/mol. The van der Waals surface area contributed by atoms with Crippen LogP contribution in [0.1, 0.15) is 35.7 Å². The lowest BCUT2D eigenvalue weighted by atomic mass is 9.87. The first-order valence-corrected chi connectivity index (χ1v) is 6.58. The average molecular weight is 247 g/mol. The lowest BCUT2D eigenvalue weighted by Crippen LogP contribution is -2.18. The van der Waals surface area contributed by atoms with Gasteiger partial charge in [0.05, 0.1) is 23.9 Å². The van der Waals surface area contributed by atoms with Gasteiger partial charge in [-0.05, 0) is 30.4 Å². The fourth-order valence-electron chi connectivity index (χ4n) is 2.73. The highest BCUT2D eigenvalue weighted by Crippen LogP contribution is 2.33. The second kappa shape index (κ2) is 4.53. The first kappa shape index (κ1) is 10.8. The summed E-state index contributed by atoms with van der Waals surface area (Å²) < 4.78 is 2.23. The molecule has 3 rings (SSSR count). The Morgan fingerprint density at radius 2 is 2.24 bits per heavy atom. The van der Waals surface area contributed by atoms with E-state index < -0.39 is 0 Å². The second-order valence-electron chi connectivity index (χ2n) is 4.53. The summed E-state index contributed by atoms with van der Waals surface area (Å²) in [6.45, 7) is 0. The summed E-state index contributed by atoms with van der Waals surface area (Å²) in [5.41, 5.74) is 4.01. The van der Waals surface area contributed by atoms with Crippen molar-refractivity contribution < 1.29 is 0 Å². The smallest absolute Gasteiger partial charge is 0.0954 e. The largest absolute Gasteiger partial charge is 0.326 e. The molecule has 0 amide bonds. The molecule has 0 spiro atoms. The molecule has 1 atom stereocenters. The summed E-state index contributed by atoms with van der Waals surface area (Å²) in [6, 6.07) is 9.12. The number of nitrogens with zero attached hydrogens (tertiary/aromatic N) is 2. The Balaban J connectivity index is 2.06. The Bertz CT molecular complexity index is 518. The Kier molecular flexibility index (Phi) is 2.89. The van der Waals surface area contributed by atoms with Crippen molar-refractivity contribution >= 4 is 11.6 Å². The third-order valence-corrected chi connectivity index (χ3v) is 3.83. The van der Waals surface area contributed by atoms with Gasteiger partial charge < -0.3 is 4.57 Å². The lowest BCUT2D eigenvalue weighted by Gasteiger charge is -2.27. The van der Waals surface area contributed by atoms with E-state index in [-0.39, 0.29) is 0 Å². The molecule has 0 bridgehead atoms. The van der Waals surface area contributed by atoms with Crippen LogP contribution in [0.4, 0.5) is 0 Å². The number of aromatic nitrogens is 2. The number of hydrogen-bond donors (Lipinski definition) is 0. The van der Waals surface area contributed by atoms with Gasteiger partial charge >= 0.3 is 0 Å². The van der Waals surface area contributed by atoms with Crippen molar-refractivity contribution in [3.8, 4) is 0 Å². The number of hydrogen-bond acceptors (Lipinski definition) is 1. The molecule has 1 aromatic heterocycles. The van der Waals surface area contributed by atoms with Crippen LogP contribution in [0.2, 0.25) is 0 Å². The fraction of sp³-hybridized carbons (Fsp3) is 0.357. The van der Waals surface area contributed by atoms with Gasteiger partial charge in [-0.25, -0.2) is 4.98 Å². The molecule has 0 aliphatic heterocycles. The van der Waals surface area contributed by atoms with Gasteiger partial charge in [0.15, 0.2) is 0 Å². The highest BCUT2D eigenvalue weighted by atomic mass is 35.5. The number of aryl methyl sites for hydroxylation is 1. The molecule has 0 saturated heterocycles. The molecule has 0 radical (unpaired) electrons. The van der Waals surface area contributed by atoms with Crippen molar-refractivity contribution in [3.63, 3.8) is 0 Å². The van der Waals surface area contributed by atoms with Crippen LogP contribution in [0.5, 0.6) is 0 Å². The second-order valence-corrected chi connectivity index (χ2v) is 4.80. The maximum Gasteiger partial charge on any atom is 0.0954 e. The molecule has 1 aliphatic rings. The molecule has 0 N–H and O–H groups in total. The molecule has 1 unspecified atom stereocenters. The van der Waals surface area contributed by atoms with Crippen molar-refractivity contribution in [1.29, 1.82) is 0 Å². The molecular formula is C14H15ClN2. The molecule has 2 aromatic rings. The summed E-state index contributed by atoms with van der Waals surface area (Å²) in [6.07, 6.45) is 7.38. The van der Waals surface area contributed by atoms with Crippen molar-refractivity contribution in [2.45, 2.75) is 31.2 Å². The molecule has 17 heavy (non-hydrogen) atoms. The van der Waals surface area contributed by atoms with E-state index in [0.717, 1.165) is 5.69 Å². The van der Waals surface area contributed by atoms with Crippen LogP contribution in [0.25, 0.3) is 0 Å². The zero-order valence-corrected chi connectivity index (χ0v) is 10.4. The van der Waals surface area contributed by atoms with Crippen molar-refractivity contribution in [3.05, 3.63) is 53.6 Å². The highest BCUT2D eigenvalue weighted by molar-refractivity contribution is 6.16.